The van der Waals surface area contributed by atoms with Crippen LogP contribution in [0.5, 0.6) is 0 Å². The highest BCUT2D eigenvalue weighted by Crippen LogP contribution is 2.31. The lowest BCUT2D eigenvalue weighted by molar-refractivity contribution is -0.928. The van der Waals surface area contributed by atoms with Crippen molar-refractivity contribution in [3.8, 4) is 0 Å². The van der Waals surface area contributed by atoms with Crippen molar-refractivity contribution >= 4 is 45.1 Å². The van der Waals surface area contributed by atoms with Crippen LogP contribution in [0.4, 0.5) is 0 Å². The molecule has 0 amide bonds. The van der Waals surface area contributed by atoms with Gasteiger partial charge in [0, 0.05) is 18.8 Å². The maximum absolute atomic E-state index is 5.38. The van der Waals surface area contributed by atoms with E-state index in [1.807, 2.05) is 22.9 Å². The van der Waals surface area contributed by atoms with E-state index in [1.165, 1.54) is 35.6 Å². The zero-order chi connectivity index (χ0) is 15.8. The molecule has 0 bridgehead atoms. The molecule has 0 saturated carbocycles. The third kappa shape index (κ3) is 3.24. The van der Waals surface area contributed by atoms with Crippen molar-refractivity contribution in [2.75, 3.05) is 13.1 Å². The quantitative estimate of drug-likeness (QED) is 0.727. The molecule has 1 aromatic carbocycles. The molecule has 3 aromatic rings. The van der Waals surface area contributed by atoms with Gasteiger partial charge in [0.1, 0.15) is 5.01 Å². The van der Waals surface area contributed by atoms with Gasteiger partial charge in [-0.05, 0) is 31.3 Å². The smallest absolute Gasteiger partial charge is 0.184 e. The van der Waals surface area contributed by atoms with E-state index in [9.17, 15) is 0 Å². The van der Waals surface area contributed by atoms with Gasteiger partial charge in [0.2, 0.25) is 0 Å². The first-order chi connectivity index (χ1) is 11.2. The molecule has 0 atom stereocenters. The van der Waals surface area contributed by atoms with Crippen LogP contribution in [0.2, 0.25) is 0 Å². The summed E-state index contributed by atoms with van der Waals surface area (Å²) < 4.78 is 4.19. The van der Waals surface area contributed by atoms with Gasteiger partial charge in [-0.3, -0.25) is 0 Å². The van der Waals surface area contributed by atoms with Gasteiger partial charge in [0.15, 0.2) is 10.6 Å². The number of rotatable bonds is 3. The molecule has 4 rings (SSSR count). The zero-order valence-electron chi connectivity index (χ0n) is 13.0. The Hall–Kier alpha value is -1.15. The van der Waals surface area contributed by atoms with Crippen LogP contribution in [0.25, 0.3) is 10.2 Å². The molecular formula is C16H19N4S3+. The maximum Gasteiger partial charge on any atom is 0.184 e. The highest BCUT2D eigenvalue weighted by atomic mass is 32.1. The number of likely N-dealkylation sites (tertiary alicyclic amines) is 1. The average molecular weight is 364 g/mol. The molecule has 7 heteroatoms. The number of fused-ring (bicyclic) bond motifs is 1. The fourth-order valence-electron chi connectivity index (χ4n) is 3.22. The Morgan fingerprint density at radius 1 is 1.26 bits per heavy atom. The van der Waals surface area contributed by atoms with E-state index >= 15 is 0 Å². The van der Waals surface area contributed by atoms with E-state index < -0.39 is 0 Å². The van der Waals surface area contributed by atoms with Crippen LogP contribution >= 0.6 is 34.9 Å². The van der Waals surface area contributed by atoms with E-state index in [0.717, 1.165) is 21.1 Å². The summed E-state index contributed by atoms with van der Waals surface area (Å²) in [5.41, 5.74) is 1.14. The third-order valence-corrected chi connectivity index (χ3v) is 6.86. The van der Waals surface area contributed by atoms with Crippen LogP contribution in [0.1, 0.15) is 28.8 Å². The van der Waals surface area contributed by atoms with Crippen LogP contribution in [0.15, 0.2) is 24.3 Å². The Balaban J connectivity index is 1.42. The molecule has 0 aliphatic carbocycles. The van der Waals surface area contributed by atoms with Crippen molar-refractivity contribution < 1.29 is 4.90 Å². The molecule has 1 aliphatic heterocycles. The van der Waals surface area contributed by atoms with Gasteiger partial charge in [0.25, 0.3) is 0 Å². The summed E-state index contributed by atoms with van der Waals surface area (Å²) in [5.74, 6) is 0.612. The number of nitrogens with zero attached hydrogens (tertiary/aromatic N) is 3. The molecule has 120 valence electrons. The minimum Gasteiger partial charge on any atom is -0.316 e. The number of benzene rings is 1. The lowest BCUT2D eigenvalue weighted by Crippen LogP contribution is -3.12. The van der Waals surface area contributed by atoms with Crippen LogP contribution in [-0.4, -0.2) is 27.9 Å². The standard InChI is InChI=1S/C16H18N4S3/c1-11-18-20(16(21)22-11)10-19-8-6-12(7-9-19)15-17-13-4-2-3-5-14(13)23-15/h2-5,12H,6-10H2,1H3/p+1. The number of thiazole rings is 1. The van der Waals surface area contributed by atoms with Gasteiger partial charge in [-0.15, -0.1) is 11.3 Å². The second-order valence-electron chi connectivity index (χ2n) is 6.09. The van der Waals surface area contributed by atoms with Crippen LogP contribution in [0, 0.1) is 10.9 Å². The molecule has 3 heterocycles. The second-order valence-corrected chi connectivity index (χ2v) is 8.98. The van der Waals surface area contributed by atoms with Gasteiger partial charge in [-0.1, -0.05) is 23.5 Å². The summed E-state index contributed by atoms with van der Waals surface area (Å²) in [7, 11) is 0. The molecule has 2 aromatic heterocycles. The van der Waals surface area contributed by atoms with E-state index in [4.69, 9.17) is 17.2 Å². The van der Waals surface area contributed by atoms with Gasteiger partial charge in [-0.2, -0.15) is 9.78 Å². The third-order valence-electron chi connectivity index (χ3n) is 4.43. The molecule has 1 fully saturated rings. The Labute approximate surface area is 148 Å². The predicted octanol–water partition coefficient (Wildman–Crippen LogP) is 3.01. The first-order valence-corrected chi connectivity index (χ1v) is 9.97. The SMILES string of the molecule is Cc1nn(C[NH+]2CCC(c3nc4ccccc4s3)CC2)c(=S)s1. The van der Waals surface area contributed by atoms with Crippen molar-refractivity contribution in [1.82, 2.24) is 14.8 Å². The fraction of sp³-hybridized carbons (Fsp3) is 0.438. The van der Waals surface area contributed by atoms with E-state index in [0.29, 0.717) is 5.92 Å². The summed E-state index contributed by atoms with van der Waals surface area (Å²) in [6, 6.07) is 8.44. The van der Waals surface area contributed by atoms with Crippen LogP contribution in [-0.2, 0) is 6.67 Å². The van der Waals surface area contributed by atoms with Crippen molar-refractivity contribution in [2.45, 2.75) is 32.4 Å². The van der Waals surface area contributed by atoms with Gasteiger partial charge in [-0.25, -0.2) is 4.98 Å². The molecule has 1 saturated heterocycles. The Morgan fingerprint density at radius 3 is 2.74 bits per heavy atom. The van der Waals surface area contributed by atoms with Crippen molar-refractivity contribution in [2.24, 2.45) is 0 Å². The highest BCUT2D eigenvalue weighted by molar-refractivity contribution is 7.73. The van der Waals surface area contributed by atoms with Crippen molar-refractivity contribution in [1.29, 1.82) is 0 Å². The van der Waals surface area contributed by atoms with Gasteiger partial charge in [0.05, 0.1) is 28.3 Å². The Kier molecular flexibility index (Phi) is 4.27. The number of aryl methyl sites for hydroxylation is 1. The van der Waals surface area contributed by atoms with E-state index in [2.05, 4.69) is 29.4 Å². The van der Waals surface area contributed by atoms with Crippen molar-refractivity contribution in [3.05, 3.63) is 38.2 Å². The number of para-hydroxylation sites is 1. The fourth-order valence-corrected chi connectivity index (χ4v) is 5.42. The summed E-state index contributed by atoms with van der Waals surface area (Å²) in [4.78, 5) is 6.41. The highest BCUT2D eigenvalue weighted by Gasteiger charge is 2.26. The molecule has 23 heavy (non-hydrogen) atoms. The predicted molar refractivity (Wildman–Crippen MR) is 98.0 cm³/mol. The molecule has 1 aliphatic rings. The molecule has 0 spiro atoms. The maximum atomic E-state index is 5.38. The van der Waals surface area contributed by atoms with Gasteiger partial charge >= 0.3 is 0 Å². The lowest BCUT2D eigenvalue weighted by Gasteiger charge is -2.27. The largest absolute Gasteiger partial charge is 0.316 e. The average Bonchev–Trinajstić information content (AvgIpc) is 3.11. The Bertz CT molecular complexity index is 838. The number of piperidine rings is 1. The van der Waals surface area contributed by atoms with Crippen LogP contribution in [0.3, 0.4) is 0 Å². The number of hydrogen-bond acceptors (Lipinski definition) is 5. The van der Waals surface area contributed by atoms with Crippen LogP contribution < -0.4 is 4.90 Å². The zero-order valence-corrected chi connectivity index (χ0v) is 15.4. The van der Waals surface area contributed by atoms with Gasteiger partial charge < -0.3 is 4.90 Å². The monoisotopic (exact) mass is 363 g/mol. The van der Waals surface area contributed by atoms with E-state index in [-0.39, 0.29) is 0 Å². The summed E-state index contributed by atoms with van der Waals surface area (Å²) in [6.07, 6.45) is 2.40. The molecule has 0 unspecified atom stereocenters. The van der Waals surface area contributed by atoms with E-state index in [1.54, 1.807) is 16.2 Å². The second kappa shape index (κ2) is 6.39. The Morgan fingerprint density at radius 2 is 2.04 bits per heavy atom. The first-order valence-electron chi connectivity index (χ1n) is 7.92. The topological polar surface area (TPSA) is 35.2 Å². The minimum atomic E-state index is 0.612. The summed E-state index contributed by atoms with van der Waals surface area (Å²) in [6.45, 7) is 5.25. The molecule has 4 nitrogen and oxygen atoms in total. The number of hydrogen-bond donors (Lipinski definition) is 1. The summed E-state index contributed by atoms with van der Waals surface area (Å²) >= 11 is 8.84. The number of nitrogens with one attached hydrogen (secondary N) is 1. The molecule has 0 radical (unpaired) electrons. The number of aromatic nitrogens is 3. The minimum absolute atomic E-state index is 0.612. The lowest BCUT2D eigenvalue weighted by atomic mass is 9.98. The number of quaternary nitrogens is 1. The molecule has 1 N–H and O–H groups in total. The first kappa shape index (κ1) is 15.4. The van der Waals surface area contributed by atoms with Crippen molar-refractivity contribution in [3.63, 3.8) is 0 Å². The normalized spacial score (nSPS) is 21.8. The summed E-state index contributed by atoms with van der Waals surface area (Å²) in [5, 5.41) is 6.88. The molecular weight excluding hydrogens is 344 g/mol.